The zero-order chi connectivity index (χ0) is 7.56. The Morgan fingerprint density at radius 3 is 3.00 bits per heavy atom. The van der Waals surface area contributed by atoms with E-state index in [4.69, 9.17) is 5.11 Å². The lowest BCUT2D eigenvalue weighted by Gasteiger charge is -2.02. The van der Waals surface area contributed by atoms with E-state index < -0.39 is 5.97 Å². The van der Waals surface area contributed by atoms with Crippen LogP contribution in [-0.2, 0) is 4.79 Å². The molecule has 56 valence electrons. The number of carbonyl (C=O) groups is 1. The zero-order valence-corrected chi connectivity index (χ0v) is 6.65. The van der Waals surface area contributed by atoms with Crippen molar-refractivity contribution in [3.05, 3.63) is 11.0 Å². The summed E-state index contributed by atoms with van der Waals surface area (Å²) in [5.74, 6) is -0.777. The summed E-state index contributed by atoms with van der Waals surface area (Å²) in [6.45, 7) is 2.08. The number of hydrogen-bond acceptors (Lipinski definition) is 2. The number of aliphatic carboxylic acids is 1. The van der Waals surface area contributed by atoms with Crippen molar-refractivity contribution in [2.75, 3.05) is 0 Å². The Hall–Kier alpha value is -0.440. The first-order chi connectivity index (χ1) is 4.74. The molecule has 1 heterocycles. The highest BCUT2D eigenvalue weighted by atomic mass is 32.2. The molecule has 1 atom stereocenters. The lowest BCUT2D eigenvalue weighted by Crippen LogP contribution is -1.96. The van der Waals surface area contributed by atoms with Crippen molar-refractivity contribution in [3.8, 4) is 0 Å². The average molecular weight is 158 g/mol. The smallest absolute Gasteiger partial charge is 0.341 e. The number of carboxylic acids is 1. The maximum atomic E-state index is 10.4. The van der Waals surface area contributed by atoms with Crippen LogP contribution in [0, 0.1) is 0 Å². The van der Waals surface area contributed by atoms with Gasteiger partial charge in [0.25, 0.3) is 0 Å². The number of hydrogen-bond donors (Lipinski definition) is 1. The molecular formula is C7H10O2S. The molecule has 0 bridgehead atoms. The molecule has 1 N–H and O–H groups in total. The van der Waals surface area contributed by atoms with Crippen molar-refractivity contribution in [3.63, 3.8) is 0 Å². The summed E-state index contributed by atoms with van der Waals surface area (Å²) in [6.07, 6.45) is 3.78. The Kier molecular flexibility index (Phi) is 2.38. The van der Waals surface area contributed by atoms with Crippen molar-refractivity contribution < 1.29 is 9.90 Å². The second-order valence-corrected chi connectivity index (χ2v) is 3.60. The summed E-state index contributed by atoms with van der Waals surface area (Å²) < 4.78 is 0. The van der Waals surface area contributed by atoms with Gasteiger partial charge in [-0.15, -0.1) is 11.8 Å². The minimum atomic E-state index is -0.777. The van der Waals surface area contributed by atoms with Crippen LogP contribution in [0.5, 0.6) is 0 Å². The highest BCUT2D eigenvalue weighted by Crippen LogP contribution is 2.33. The molecule has 2 nitrogen and oxygen atoms in total. The van der Waals surface area contributed by atoms with Crippen LogP contribution in [0.3, 0.4) is 0 Å². The van der Waals surface area contributed by atoms with Crippen LogP contribution < -0.4 is 0 Å². The van der Waals surface area contributed by atoms with Crippen molar-refractivity contribution in [1.29, 1.82) is 0 Å². The van der Waals surface area contributed by atoms with Crippen LogP contribution in [0.15, 0.2) is 11.0 Å². The third-order valence-electron chi connectivity index (χ3n) is 1.53. The first-order valence-electron chi connectivity index (χ1n) is 3.34. The van der Waals surface area contributed by atoms with E-state index in [-0.39, 0.29) is 0 Å². The maximum absolute atomic E-state index is 10.4. The first-order valence-corrected chi connectivity index (χ1v) is 4.22. The monoisotopic (exact) mass is 158 g/mol. The molecule has 1 aliphatic heterocycles. The third-order valence-corrected chi connectivity index (χ3v) is 2.98. The van der Waals surface area contributed by atoms with Crippen LogP contribution in [0.2, 0.25) is 0 Å². The Balaban J connectivity index is 2.47. The topological polar surface area (TPSA) is 37.3 Å². The molecule has 0 spiro atoms. The van der Waals surface area contributed by atoms with E-state index >= 15 is 0 Å². The van der Waals surface area contributed by atoms with E-state index in [1.807, 2.05) is 0 Å². The molecular weight excluding hydrogens is 148 g/mol. The molecule has 1 unspecified atom stereocenters. The molecule has 0 aliphatic carbocycles. The Morgan fingerprint density at radius 1 is 2.00 bits per heavy atom. The number of rotatable bonds is 2. The highest BCUT2D eigenvalue weighted by Gasteiger charge is 2.20. The van der Waals surface area contributed by atoms with E-state index in [0.29, 0.717) is 10.2 Å². The van der Waals surface area contributed by atoms with Gasteiger partial charge in [-0.1, -0.05) is 13.0 Å². The minimum Gasteiger partial charge on any atom is -0.477 e. The molecule has 0 aromatic rings. The molecule has 3 heteroatoms. The van der Waals surface area contributed by atoms with Gasteiger partial charge in [-0.25, -0.2) is 4.79 Å². The molecule has 0 aromatic heterocycles. The van der Waals surface area contributed by atoms with Gasteiger partial charge in [0.2, 0.25) is 0 Å². The van der Waals surface area contributed by atoms with E-state index in [0.717, 1.165) is 12.8 Å². The Bertz CT molecular complexity index is 174. The normalized spacial score (nSPS) is 24.5. The van der Waals surface area contributed by atoms with Crippen molar-refractivity contribution in [2.45, 2.75) is 25.0 Å². The summed E-state index contributed by atoms with van der Waals surface area (Å²) in [5, 5.41) is 9.04. The SMILES string of the molecule is CCC1CC=C(C(=O)O)S1. The lowest BCUT2D eigenvalue weighted by molar-refractivity contribution is -0.131. The van der Waals surface area contributed by atoms with E-state index in [1.165, 1.54) is 11.8 Å². The number of allylic oxidation sites excluding steroid dienone is 1. The van der Waals surface area contributed by atoms with Gasteiger partial charge < -0.3 is 5.11 Å². The molecule has 0 saturated carbocycles. The molecule has 0 radical (unpaired) electrons. The van der Waals surface area contributed by atoms with E-state index in [2.05, 4.69) is 6.92 Å². The molecule has 0 saturated heterocycles. The molecule has 0 aromatic carbocycles. The lowest BCUT2D eigenvalue weighted by atomic mass is 10.2. The third kappa shape index (κ3) is 1.53. The number of thioether (sulfide) groups is 1. The Labute approximate surface area is 64.3 Å². The zero-order valence-electron chi connectivity index (χ0n) is 5.83. The summed E-state index contributed by atoms with van der Waals surface area (Å²) in [7, 11) is 0. The van der Waals surface area contributed by atoms with Crippen LogP contribution in [0.1, 0.15) is 19.8 Å². The predicted octanol–water partition coefficient (Wildman–Crippen LogP) is 1.87. The van der Waals surface area contributed by atoms with Gasteiger partial charge in [-0.2, -0.15) is 0 Å². The van der Waals surface area contributed by atoms with Crippen molar-refractivity contribution >= 4 is 17.7 Å². The van der Waals surface area contributed by atoms with E-state index in [1.54, 1.807) is 6.08 Å². The summed E-state index contributed by atoms with van der Waals surface area (Å²) in [5.41, 5.74) is 0. The number of carboxylic acid groups (broad SMARTS) is 1. The van der Waals surface area contributed by atoms with Crippen molar-refractivity contribution in [1.82, 2.24) is 0 Å². The second-order valence-electron chi connectivity index (χ2n) is 2.26. The van der Waals surface area contributed by atoms with Gasteiger partial charge in [0.1, 0.15) is 0 Å². The van der Waals surface area contributed by atoms with Crippen LogP contribution in [-0.4, -0.2) is 16.3 Å². The summed E-state index contributed by atoms with van der Waals surface area (Å²) in [6, 6.07) is 0. The van der Waals surface area contributed by atoms with E-state index in [9.17, 15) is 4.79 Å². The highest BCUT2D eigenvalue weighted by molar-refractivity contribution is 8.04. The van der Waals surface area contributed by atoms with Gasteiger partial charge in [-0.3, -0.25) is 0 Å². The van der Waals surface area contributed by atoms with Crippen molar-refractivity contribution in [2.24, 2.45) is 0 Å². The van der Waals surface area contributed by atoms with Gasteiger partial charge in [0.15, 0.2) is 0 Å². The van der Waals surface area contributed by atoms with Gasteiger partial charge >= 0.3 is 5.97 Å². The largest absolute Gasteiger partial charge is 0.477 e. The standard InChI is InChI=1S/C7H10O2S/c1-2-5-3-4-6(10-5)7(8)9/h4-5H,2-3H2,1H3,(H,8,9). The van der Waals surface area contributed by atoms with Gasteiger partial charge in [0, 0.05) is 5.25 Å². The molecule has 1 rings (SSSR count). The van der Waals surface area contributed by atoms with Gasteiger partial charge in [-0.05, 0) is 12.8 Å². The predicted molar refractivity (Wildman–Crippen MR) is 42.0 cm³/mol. The first kappa shape index (κ1) is 7.66. The van der Waals surface area contributed by atoms with Gasteiger partial charge in [0.05, 0.1) is 4.91 Å². The quantitative estimate of drug-likeness (QED) is 0.666. The Morgan fingerprint density at radius 2 is 2.70 bits per heavy atom. The summed E-state index contributed by atoms with van der Waals surface area (Å²) in [4.78, 5) is 10.9. The molecule has 0 amide bonds. The van der Waals surface area contributed by atoms with Crippen LogP contribution in [0.4, 0.5) is 0 Å². The van der Waals surface area contributed by atoms with Crippen LogP contribution >= 0.6 is 11.8 Å². The molecule has 0 fully saturated rings. The summed E-state index contributed by atoms with van der Waals surface area (Å²) >= 11 is 1.48. The molecule has 1 aliphatic rings. The fourth-order valence-corrected chi connectivity index (χ4v) is 1.91. The fourth-order valence-electron chi connectivity index (χ4n) is 0.902. The van der Waals surface area contributed by atoms with Crippen LogP contribution in [0.25, 0.3) is 0 Å². The molecule has 10 heavy (non-hydrogen) atoms. The minimum absolute atomic E-state index is 0.506. The second kappa shape index (κ2) is 3.10. The average Bonchev–Trinajstić information content (AvgIpc) is 2.34. The maximum Gasteiger partial charge on any atom is 0.341 e. The fraction of sp³-hybridized carbons (Fsp3) is 0.571.